The van der Waals surface area contributed by atoms with E-state index in [-0.39, 0.29) is 110 Å². The Morgan fingerprint density at radius 1 is 0.507 bits per heavy atom. The number of halogens is 3. The molecule has 1 fully saturated rings. The van der Waals surface area contributed by atoms with Crippen LogP contribution in [-0.2, 0) is 94.0 Å². The third-order valence-electron chi connectivity index (χ3n) is 24.0. The first kappa shape index (κ1) is 120. The molecule has 30 heteroatoms. The number of rotatable bonds is 17. The van der Waals surface area contributed by atoms with Crippen molar-refractivity contribution in [1.82, 2.24) is 14.9 Å². The highest BCUT2D eigenvalue weighted by Gasteiger charge is 2.37. The van der Waals surface area contributed by atoms with Gasteiger partial charge < -0.3 is 58.5 Å². The van der Waals surface area contributed by atoms with Crippen molar-refractivity contribution in [3.63, 3.8) is 0 Å². The molecule has 0 aliphatic carbocycles. The number of esters is 4. The number of aliphatic hydroxyl groups excluding tert-OH is 1. The van der Waals surface area contributed by atoms with Crippen LogP contribution < -0.4 is 11.3 Å². The maximum Gasteiger partial charge on any atom is 0.344 e. The Balaban J connectivity index is 0.000000206. The molecular weight excluding hydrogens is 2110 g/mol. The molecule has 0 amide bonds. The van der Waals surface area contributed by atoms with Crippen molar-refractivity contribution in [3.05, 3.63) is 363 Å². The van der Waals surface area contributed by atoms with Gasteiger partial charge in [0.15, 0.2) is 28.2 Å². The number of nitrogens with one attached hydrogen (secondary N) is 2. The number of nitrogens with zero attached hydrogens (tertiary/aromatic N) is 2. The molecule has 5 unspecified atom stereocenters. The Kier molecular flexibility index (Phi) is 48.5. The molecule has 15 aromatic rings. The van der Waals surface area contributed by atoms with Crippen LogP contribution in [0.4, 0.5) is 0 Å². The maximum atomic E-state index is 12.2. The number of methoxy groups -OCH3 is 6. The average molecular weight is 2240 g/mol. The summed E-state index contributed by atoms with van der Waals surface area (Å²) in [6.07, 6.45) is 4.35. The molecule has 0 saturated carbocycles. The second-order valence-electron chi connectivity index (χ2n) is 34.3. The number of ether oxygens (including phenoxy) is 9. The predicted octanol–water partition coefficient (Wildman–Crippen LogP) is 25.1. The minimum atomic E-state index is -0.924. The first-order chi connectivity index (χ1) is 70.5. The standard InChI is InChI=1S/C19H18N2O2S.C18H18O4.C18H16O4.C17H18O4.C12H10O.C11H9Br.C10H6Br2.C5H13NO2.C5H8O3.C2H6N2S.CH4/c1-11-5-3-6-12-7-4-8-13(17(11)12)16-9-15-14(10-23-16)18(22)21-19(20-15)24-2;2*1-11-5-3-6-12-7-4-8-13(17(11)12)16-9-15(19)14(10-22-16)18(20)21-2;1-11-5-3-6-12-7-4-8-14(17(11)12)15(19)9-13(18)10-16(20)21-2;1-9-4-2-5-10-6-3-7-11(8-13)12(9)10;1-8-4-2-5-9-6-3-7-10(12)11(8)9;11-8-5-1-3-7-4-2-6-9(12)10(7)8;1-6(2)5(7-3)8-4;1-4(6)3-5(7)8-2;1-5-2(3)4;/h3-8,16H,9-10H2,1-2H3,(H,20,21,22);3-8,14,16H,9-10H2,1-2H3;3-8,10,16H,9H2,1-2H3;3-8,15,19H,9-10H2,1-2H3;2-8H,1H3;2-7H,1H3;1-6H;5H,1-4H3;3H2,1-2H3;1H3,(H3,3,4);1H4. The highest BCUT2D eigenvalue weighted by Crippen LogP contribution is 2.40. The number of amidine groups is 1. The van der Waals surface area contributed by atoms with E-state index in [1.807, 2.05) is 223 Å². The third-order valence-corrected chi connectivity index (χ3v) is 27.0. The van der Waals surface area contributed by atoms with Crippen LogP contribution in [0.15, 0.2) is 290 Å². The van der Waals surface area contributed by atoms with Crippen LogP contribution in [0.5, 0.6) is 0 Å². The van der Waals surface area contributed by atoms with Crippen molar-refractivity contribution in [2.45, 2.75) is 137 Å². The van der Waals surface area contributed by atoms with Gasteiger partial charge in [0, 0.05) is 63.4 Å². The summed E-state index contributed by atoms with van der Waals surface area (Å²) in [6, 6.07) is 85.1. The number of fused-ring (bicyclic) bond motifs is 8. The van der Waals surface area contributed by atoms with E-state index < -0.39 is 35.9 Å². The fourth-order valence-electron chi connectivity index (χ4n) is 16.9. The van der Waals surface area contributed by atoms with Gasteiger partial charge in [-0.25, -0.2) is 9.78 Å². The van der Waals surface area contributed by atoms with E-state index in [4.69, 9.17) is 34.8 Å². The molecule has 0 bridgehead atoms. The average Bonchev–Trinajstić information content (AvgIpc) is 0.770. The van der Waals surface area contributed by atoms with Crippen LogP contribution in [0.1, 0.15) is 148 Å². The Morgan fingerprint density at radius 2 is 0.892 bits per heavy atom. The van der Waals surface area contributed by atoms with Gasteiger partial charge in [0.1, 0.15) is 48.3 Å². The van der Waals surface area contributed by atoms with Gasteiger partial charge >= 0.3 is 23.9 Å². The summed E-state index contributed by atoms with van der Waals surface area (Å²) >= 11 is 13.3. The van der Waals surface area contributed by atoms with Crippen LogP contribution in [0.3, 0.4) is 0 Å². The van der Waals surface area contributed by atoms with Crippen molar-refractivity contribution < 1.29 is 90.9 Å². The zero-order valence-electron chi connectivity index (χ0n) is 85.2. The van der Waals surface area contributed by atoms with Gasteiger partial charge in [0.25, 0.3) is 5.56 Å². The van der Waals surface area contributed by atoms with Crippen molar-refractivity contribution in [2.24, 2.45) is 11.7 Å². The molecule has 1 aromatic heterocycles. The number of nitrogens with two attached hydrogens (primary N) is 1. The number of H-pyrrole nitrogens is 1. The minimum Gasteiger partial charge on any atom is -0.492 e. The number of aliphatic hydroxyl groups is 1. The molecule has 0 radical (unpaired) electrons. The number of aromatic nitrogens is 2. The van der Waals surface area contributed by atoms with Crippen molar-refractivity contribution in [3.8, 4) is 0 Å². The summed E-state index contributed by atoms with van der Waals surface area (Å²) < 4.78 is 48.6. The lowest BCUT2D eigenvalue weighted by Gasteiger charge is -2.28. The summed E-state index contributed by atoms with van der Waals surface area (Å²) in [5, 5.41) is 33.8. The summed E-state index contributed by atoms with van der Waals surface area (Å²) in [5.41, 5.74) is 17.9. The third kappa shape index (κ3) is 33.2. The summed E-state index contributed by atoms with van der Waals surface area (Å²) in [7, 11) is 12.0. The minimum absolute atomic E-state index is 0. The van der Waals surface area contributed by atoms with Crippen LogP contribution in [0, 0.1) is 52.9 Å². The number of ketones is 4. The molecule has 5 atom stereocenters. The van der Waals surface area contributed by atoms with Gasteiger partial charge in [-0.15, -0.1) is 0 Å². The molecule has 18 rings (SSSR count). The number of hydrogen-bond donors (Lipinski definition) is 4. The fraction of sp³-hybridized carbons (Fsp3) is 0.271. The van der Waals surface area contributed by atoms with Crippen LogP contribution in [0.2, 0.25) is 0 Å². The molecular formula is C118H126Br3N5O20S2. The first-order valence-electron chi connectivity index (χ1n) is 46.7. The van der Waals surface area contributed by atoms with E-state index >= 15 is 0 Å². The smallest absolute Gasteiger partial charge is 0.344 e. The topological polar surface area (TPSA) is 356 Å². The summed E-state index contributed by atoms with van der Waals surface area (Å²) in [4.78, 5) is 123. The normalized spacial score (nSPS) is 14.3. The zero-order chi connectivity index (χ0) is 107. The highest BCUT2D eigenvalue weighted by molar-refractivity contribution is 9.11. The number of carbonyl (C=O) groups is 9. The number of aromatic amines is 1. The molecule has 3 aliphatic heterocycles. The van der Waals surface area contributed by atoms with Crippen molar-refractivity contribution >= 4 is 205 Å². The van der Waals surface area contributed by atoms with Gasteiger partial charge in [0.05, 0.1) is 77.6 Å². The van der Waals surface area contributed by atoms with E-state index in [0.29, 0.717) is 29.3 Å². The van der Waals surface area contributed by atoms with E-state index in [2.05, 4.69) is 175 Å². The summed E-state index contributed by atoms with van der Waals surface area (Å²) in [6.45, 7) is 14.1. The van der Waals surface area contributed by atoms with Gasteiger partial charge in [-0.05, 0) is 213 Å². The van der Waals surface area contributed by atoms with Crippen LogP contribution in [0.25, 0.3) is 75.4 Å². The SMILES string of the molecule is Brc1cccc2cccc(Br)c12.C.COC(=O)C1=COC(c2cccc3cccc(C)c23)CC1=O.COC(=O)C1COC(c2cccc3cccc(C)c23)CC1=O.COC(=O)CC(=O)CC(O)c1cccc2cccc(C)c12.COC(=O)CC(C)=O.COC(OC)N(C)C.CSC(=N)N.CSc1nc2c(c(=O)[nH]1)COC(c1cccc3cccc(C)c13)C2.Cc1cccc2cccc(Br)c12.Cc1cccc2cccc(C=O)c12. The Bertz CT molecular complexity index is 7130. The van der Waals surface area contributed by atoms with E-state index in [0.717, 1.165) is 103 Å². The molecule has 3 aliphatic rings. The molecule has 776 valence electrons. The van der Waals surface area contributed by atoms with Crippen molar-refractivity contribution in [2.75, 3.05) is 75.9 Å². The number of carbonyl (C=O) groups excluding carboxylic acids is 9. The van der Waals surface area contributed by atoms with E-state index in [1.165, 1.54) is 119 Å². The van der Waals surface area contributed by atoms with Gasteiger partial charge in [-0.1, -0.05) is 315 Å². The molecule has 0 spiro atoms. The first-order valence-corrected chi connectivity index (χ1v) is 51.5. The highest BCUT2D eigenvalue weighted by atomic mass is 79.9. The fourth-order valence-corrected chi connectivity index (χ4v) is 19.5. The number of Topliss-reactive ketones (excluding diaryl/α,β-unsaturated/α-hetero) is 4. The zero-order valence-corrected chi connectivity index (χ0v) is 91.5. The maximum absolute atomic E-state index is 12.2. The number of benzene rings is 14. The lowest BCUT2D eigenvalue weighted by atomic mass is 9.90. The van der Waals surface area contributed by atoms with Gasteiger partial charge in [-0.2, -0.15) is 0 Å². The molecule has 1 saturated heterocycles. The molecule has 148 heavy (non-hydrogen) atoms. The van der Waals surface area contributed by atoms with Crippen LogP contribution in [-0.4, -0.2) is 161 Å². The van der Waals surface area contributed by atoms with E-state index in [9.17, 15) is 53.1 Å². The largest absolute Gasteiger partial charge is 0.492 e. The number of thioether (sulfide) groups is 2. The predicted molar refractivity (Wildman–Crippen MR) is 602 cm³/mol. The Labute approximate surface area is 897 Å². The number of aryl methyl sites for hydroxylation is 6. The molecule has 4 heterocycles. The summed E-state index contributed by atoms with van der Waals surface area (Å²) in [5.74, 6) is -3.90. The quantitative estimate of drug-likeness (QED) is 0.00628. The molecule has 14 aromatic carbocycles. The van der Waals surface area contributed by atoms with Gasteiger partial charge in [0.2, 0.25) is 6.41 Å². The lowest BCUT2D eigenvalue weighted by Crippen LogP contribution is -2.36. The molecule has 5 N–H and O–H groups in total. The van der Waals surface area contributed by atoms with Crippen LogP contribution >= 0.6 is 71.3 Å². The van der Waals surface area contributed by atoms with E-state index in [1.54, 1.807) is 20.5 Å². The monoisotopic (exact) mass is 2230 g/mol. The molecule has 25 nitrogen and oxygen atoms in total. The second-order valence-corrected chi connectivity index (χ2v) is 38.5. The Morgan fingerprint density at radius 3 is 1.28 bits per heavy atom. The number of hydrogen-bond acceptors (Lipinski definition) is 25. The van der Waals surface area contributed by atoms with Crippen molar-refractivity contribution in [1.29, 1.82) is 5.41 Å². The second kappa shape index (κ2) is 59.8. The Hall–Kier alpha value is -13.1. The number of aldehydes is 1. The van der Waals surface area contributed by atoms with Gasteiger partial charge in [-0.3, -0.25) is 53.5 Å². The lowest BCUT2D eigenvalue weighted by molar-refractivity contribution is -0.179.